The topological polar surface area (TPSA) is 0 Å². The highest BCUT2D eigenvalue weighted by molar-refractivity contribution is 7.63. The van der Waals surface area contributed by atoms with Crippen LogP contribution in [0.25, 0.3) is 0 Å². The van der Waals surface area contributed by atoms with Crippen LogP contribution in [0.2, 0.25) is 0 Å². The first kappa shape index (κ1) is 44.8. The predicted octanol–water partition coefficient (Wildman–Crippen LogP) is 14.2. The molecule has 0 aliphatic heterocycles. The van der Waals surface area contributed by atoms with E-state index in [1.807, 2.05) is 12.7 Å². The molecule has 1 aliphatic rings. The van der Waals surface area contributed by atoms with Gasteiger partial charge in [0.25, 0.3) is 0 Å². The molecular weight excluding hydrogens is 551 g/mol. The van der Waals surface area contributed by atoms with Crippen LogP contribution in [0.4, 0.5) is 17.6 Å². The fraction of sp³-hybridized carbons (Fsp3) is 0.622. The highest BCUT2D eigenvalue weighted by Gasteiger charge is 2.34. The molecule has 0 bridgehead atoms. The summed E-state index contributed by atoms with van der Waals surface area (Å²) in [5, 5.41) is 0. The van der Waals surface area contributed by atoms with Crippen molar-refractivity contribution < 1.29 is 17.6 Å². The lowest BCUT2D eigenvalue weighted by Gasteiger charge is -2.14. The molecule has 42 heavy (non-hydrogen) atoms. The Hall–Kier alpha value is -1.67. The maximum Gasteiger partial charge on any atom is 0.419 e. The van der Waals surface area contributed by atoms with Crippen LogP contribution >= 0.6 is 7.92 Å². The summed E-state index contributed by atoms with van der Waals surface area (Å²) >= 11 is 0. The second-order valence-corrected chi connectivity index (χ2v) is 13.3. The van der Waals surface area contributed by atoms with Crippen LogP contribution < -0.4 is 0 Å². The largest absolute Gasteiger partial charge is 0.419 e. The molecule has 1 aromatic carbocycles. The second-order valence-electron chi connectivity index (χ2n) is 11.3. The summed E-state index contributed by atoms with van der Waals surface area (Å²) in [6.07, 6.45) is 5.74. The van der Waals surface area contributed by atoms with E-state index in [1.54, 1.807) is 6.92 Å². The zero-order chi connectivity index (χ0) is 33.5. The van der Waals surface area contributed by atoms with Gasteiger partial charge in [0, 0.05) is 0 Å². The van der Waals surface area contributed by atoms with Crippen molar-refractivity contribution in [3.05, 3.63) is 84.2 Å². The van der Waals surface area contributed by atoms with Crippen molar-refractivity contribution in [3.8, 4) is 0 Å². The van der Waals surface area contributed by atoms with Gasteiger partial charge in [0.15, 0.2) is 0 Å². The number of hydrogen-bond donors (Lipinski definition) is 0. The highest BCUT2D eigenvalue weighted by atomic mass is 31.1. The monoisotopic (exact) mass is 614 g/mol. The minimum Gasteiger partial charge on any atom is -0.206 e. The summed E-state index contributed by atoms with van der Waals surface area (Å²) in [6, 6.07) is 3.04. The SMILES string of the molecule is C=C.C=CP(C)/C=C(\C)C(=C)C.CCC1CC(C)CC1CC.CCCC(C)CC.CCc1ccc(F)c(C(F)(F)F)c1. The van der Waals surface area contributed by atoms with E-state index in [-0.39, 0.29) is 7.92 Å². The standard InChI is InChI=1S/C10H20.C9H8F4.C9H15P.C7H16.C2H4/c1-4-9-6-8(3)7-10(9)5-2;1-2-6-3-4-8(10)7(5-6)9(11,12)13;1-6-10(5)7-9(4)8(2)3;1-4-6-7(3)5-2;1-2/h8-10H,4-7H2,1-3H3;3-5H,2H2,1H3;6-7H,1-2H2,3-5H3;7H,4-6H2,1-3H3;1-2H2/b;;9-7+;;. The summed E-state index contributed by atoms with van der Waals surface area (Å²) in [5.41, 5.74) is 1.73. The van der Waals surface area contributed by atoms with Gasteiger partial charge in [-0.15, -0.1) is 13.2 Å². The van der Waals surface area contributed by atoms with Crippen molar-refractivity contribution in [2.45, 2.75) is 120 Å². The Morgan fingerprint density at radius 3 is 1.83 bits per heavy atom. The molecule has 1 aliphatic carbocycles. The van der Waals surface area contributed by atoms with Crippen molar-refractivity contribution in [2.24, 2.45) is 23.7 Å². The Labute approximate surface area is 259 Å². The average molecular weight is 615 g/mol. The van der Waals surface area contributed by atoms with Gasteiger partial charge in [0.05, 0.1) is 5.56 Å². The van der Waals surface area contributed by atoms with E-state index >= 15 is 0 Å². The Morgan fingerprint density at radius 2 is 1.52 bits per heavy atom. The number of benzene rings is 1. The lowest BCUT2D eigenvalue weighted by Crippen LogP contribution is -2.08. The van der Waals surface area contributed by atoms with E-state index in [0.717, 1.165) is 41.4 Å². The third-order valence-corrected chi connectivity index (χ3v) is 9.08. The summed E-state index contributed by atoms with van der Waals surface area (Å²) in [7, 11) is -0.109. The molecule has 1 fully saturated rings. The van der Waals surface area contributed by atoms with Crippen molar-refractivity contribution in [3.63, 3.8) is 0 Å². The minimum absolute atomic E-state index is 0.109. The van der Waals surface area contributed by atoms with Crippen molar-refractivity contribution in [2.75, 3.05) is 6.66 Å². The number of aryl methyl sites for hydroxylation is 1. The molecule has 4 atom stereocenters. The first-order chi connectivity index (χ1) is 19.6. The summed E-state index contributed by atoms with van der Waals surface area (Å²) < 4.78 is 49.1. The van der Waals surface area contributed by atoms with E-state index in [9.17, 15) is 17.6 Å². The molecule has 0 aromatic heterocycles. The lowest BCUT2D eigenvalue weighted by molar-refractivity contribution is -0.140. The zero-order valence-electron chi connectivity index (χ0n) is 28.6. The number of allylic oxidation sites excluding steroid dienone is 2. The zero-order valence-corrected chi connectivity index (χ0v) is 29.5. The quantitative estimate of drug-likeness (QED) is 0.112. The molecule has 5 heteroatoms. The van der Waals surface area contributed by atoms with Crippen LogP contribution in [0.15, 0.2) is 67.3 Å². The molecule has 1 saturated carbocycles. The lowest BCUT2D eigenvalue weighted by atomic mass is 9.92. The van der Waals surface area contributed by atoms with Gasteiger partial charge in [-0.3, -0.25) is 0 Å². The van der Waals surface area contributed by atoms with Crippen LogP contribution in [-0.2, 0) is 12.6 Å². The van der Waals surface area contributed by atoms with Crippen LogP contribution in [-0.4, -0.2) is 6.66 Å². The van der Waals surface area contributed by atoms with Gasteiger partial charge in [-0.2, -0.15) is 13.2 Å². The van der Waals surface area contributed by atoms with Crippen LogP contribution in [0.3, 0.4) is 0 Å². The van der Waals surface area contributed by atoms with Gasteiger partial charge in [0.2, 0.25) is 0 Å². The van der Waals surface area contributed by atoms with Gasteiger partial charge in [-0.05, 0) is 86.7 Å². The van der Waals surface area contributed by atoms with Crippen LogP contribution in [0.1, 0.15) is 118 Å². The van der Waals surface area contributed by atoms with E-state index in [1.165, 1.54) is 56.6 Å². The molecule has 244 valence electrons. The fourth-order valence-electron chi connectivity index (χ4n) is 4.69. The molecular formula is C37H63F4P. The second kappa shape index (κ2) is 25.8. The predicted molar refractivity (Wildman–Crippen MR) is 184 cm³/mol. The van der Waals surface area contributed by atoms with Gasteiger partial charge >= 0.3 is 6.18 Å². The maximum absolute atomic E-state index is 12.7. The third-order valence-electron chi connectivity index (χ3n) is 7.71. The number of halogens is 4. The maximum atomic E-state index is 12.7. The molecule has 1 aromatic rings. The summed E-state index contributed by atoms with van der Waals surface area (Å²) in [5.74, 6) is 7.07. The fourth-order valence-corrected chi connectivity index (χ4v) is 5.63. The van der Waals surface area contributed by atoms with E-state index in [4.69, 9.17) is 0 Å². The van der Waals surface area contributed by atoms with E-state index in [2.05, 4.69) is 87.3 Å². The molecule has 2 rings (SSSR count). The average Bonchev–Trinajstić information content (AvgIpc) is 3.34. The number of rotatable bonds is 9. The van der Waals surface area contributed by atoms with Gasteiger partial charge in [0.1, 0.15) is 5.82 Å². The van der Waals surface area contributed by atoms with E-state index < -0.39 is 17.6 Å². The van der Waals surface area contributed by atoms with E-state index in [0.29, 0.717) is 12.0 Å². The van der Waals surface area contributed by atoms with Crippen LogP contribution in [0.5, 0.6) is 0 Å². The first-order valence-electron chi connectivity index (χ1n) is 15.7. The van der Waals surface area contributed by atoms with Crippen LogP contribution in [0, 0.1) is 29.5 Å². The smallest absolute Gasteiger partial charge is 0.206 e. The number of alkyl halides is 3. The van der Waals surface area contributed by atoms with Crippen molar-refractivity contribution in [1.82, 2.24) is 0 Å². The Balaban J connectivity index is -0.000000483. The molecule has 0 N–H and O–H groups in total. The number of hydrogen-bond acceptors (Lipinski definition) is 0. The molecule has 0 amide bonds. The molecule has 0 saturated heterocycles. The third kappa shape index (κ3) is 21.1. The minimum atomic E-state index is -4.60. The van der Waals surface area contributed by atoms with Gasteiger partial charge in [-0.1, -0.05) is 125 Å². The molecule has 0 nitrogen and oxygen atoms in total. The Morgan fingerprint density at radius 1 is 1.02 bits per heavy atom. The Kier molecular flexibility index (Phi) is 27.5. The van der Waals surface area contributed by atoms with Gasteiger partial charge < -0.3 is 0 Å². The van der Waals surface area contributed by atoms with Crippen molar-refractivity contribution in [1.29, 1.82) is 0 Å². The first-order valence-corrected chi connectivity index (χ1v) is 17.6. The summed E-state index contributed by atoms with van der Waals surface area (Å²) in [6.45, 7) is 35.5. The van der Waals surface area contributed by atoms with Crippen molar-refractivity contribution >= 4 is 7.92 Å². The Bertz CT molecular complexity index is 859. The summed E-state index contributed by atoms with van der Waals surface area (Å²) in [4.78, 5) is 0. The highest BCUT2D eigenvalue weighted by Crippen LogP contribution is 2.39. The molecule has 0 radical (unpaired) electrons. The molecule has 0 spiro atoms. The van der Waals surface area contributed by atoms with Gasteiger partial charge in [-0.25, -0.2) is 4.39 Å². The molecule has 0 heterocycles. The molecule has 4 unspecified atom stereocenters. The normalized spacial score (nSPS) is 19.2.